The molecule has 2 aliphatic heterocycles. The van der Waals surface area contributed by atoms with Gasteiger partial charge in [0.25, 0.3) is 0 Å². The van der Waals surface area contributed by atoms with E-state index in [2.05, 4.69) is 15.0 Å². The molecular weight excluding hydrogens is 305 g/mol. The van der Waals surface area contributed by atoms with Gasteiger partial charge in [0.05, 0.1) is 5.71 Å². The second-order valence-electron chi connectivity index (χ2n) is 6.63. The fourth-order valence-electron chi connectivity index (χ4n) is 3.44. The van der Waals surface area contributed by atoms with Gasteiger partial charge in [-0.3, -0.25) is 9.88 Å². The van der Waals surface area contributed by atoms with E-state index in [9.17, 15) is 4.39 Å². The molecule has 1 fully saturated rings. The molecule has 1 aromatic heterocycles. The summed E-state index contributed by atoms with van der Waals surface area (Å²) in [5, 5.41) is 4.32. The Morgan fingerprint density at radius 1 is 1.12 bits per heavy atom. The number of rotatable bonds is 3. The number of likely N-dealkylation sites (tertiary alicyclic amines) is 1. The van der Waals surface area contributed by atoms with Crippen molar-refractivity contribution in [3.63, 3.8) is 0 Å². The Bertz CT molecular complexity index is 722. The maximum absolute atomic E-state index is 13.0. The van der Waals surface area contributed by atoms with Crippen LogP contribution in [0.4, 0.5) is 4.39 Å². The molecule has 0 amide bonds. The Morgan fingerprint density at radius 3 is 2.62 bits per heavy atom. The monoisotopic (exact) mass is 325 g/mol. The van der Waals surface area contributed by atoms with E-state index in [4.69, 9.17) is 4.84 Å². The van der Waals surface area contributed by atoms with E-state index >= 15 is 0 Å². The molecule has 1 spiro atoms. The van der Waals surface area contributed by atoms with Gasteiger partial charge in [0.2, 0.25) is 0 Å². The van der Waals surface area contributed by atoms with Crippen molar-refractivity contribution in [3.05, 3.63) is 65.7 Å². The molecule has 0 bridgehead atoms. The number of oxime groups is 1. The molecule has 0 radical (unpaired) electrons. The maximum Gasteiger partial charge on any atom is 0.145 e. The van der Waals surface area contributed by atoms with Gasteiger partial charge in [-0.2, -0.15) is 0 Å². The van der Waals surface area contributed by atoms with Crippen LogP contribution in [0.1, 0.15) is 30.4 Å². The molecule has 0 aliphatic carbocycles. The number of hydrogen-bond acceptors (Lipinski definition) is 4. The Balaban J connectivity index is 1.34. The molecule has 24 heavy (non-hydrogen) atoms. The molecule has 1 aromatic carbocycles. The molecule has 2 aromatic rings. The predicted octanol–water partition coefficient (Wildman–Crippen LogP) is 3.38. The first-order valence-corrected chi connectivity index (χ1v) is 8.35. The zero-order chi connectivity index (χ0) is 16.4. The van der Waals surface area contributed by atoms with Gasteiger partial charge in [-0.1, -0.05) is 17.3 Å². The van der Waals surface area contributed by atoms with E-state index in [-0.39, 0.29) is 11.4 Å². The highest BCUT2D eigenvalue weighted by atomic mass is 19.1. The summed E-state index contributed by atoms with van der Waals surface area (Å²) in [6, 6.07) is 10.7. The normalized spacial score (nSPS) is 20.0. The van der Waals surface area contributed by atoms with E-state index < -0.39 is 0 Å². The minimum Gasteiger partial charge on any atom is -0.388 e. The Kier molecular flexibility index (Phi) is 4.02. The number of benzene rings is 1. The summed E-state index contributed by atoms with van der Waals surface area (Å²) in [7, 11) is 0. The minimum absolute atomic E-state index is 0.162. The van der Waals surface area contributed by atoms with Crippen LogP contribution in [0.3, 0.4) is 0 Å². The third-order valence-electron chi connectivity index (χ3n) is 4.92. The number of pyridine rings is 1. The Morgan fingerprint density at radius 2 is 1.92 bits per heavy atom. The number of piperidine rings is 1. The van der Waals surface area contributed by atoms with Crippen LogP contribution in [-0.2, 0) is 11.4 Å². The maximum atomic E-state index is 13.0. The highest BCUT2D eigenvalue weighted by Crippen LogP contribution is 2.36. The Labute approximate surface area is 141 Å². The zero-order valence-corrected chi connectivity index (χ0v) is 13.5. The topological polar surface area (TPSA) is 37.7 Å². The fraction of sp³-hybridized carbons (Fsp3) is 0.368. The molecule has 5 heteroatoms. The van der Waals surface area contributed by atoms with Gasteiger partial charge in [-0.25, -0.2) is 4.39 Å². The van der Waals surface area contributed by atoms with Crippen LogP contribution in [0, 0.1) is 5.82 Å². The molecule has 4 nitrogen and oxygen atoms in total. The van der Waals surface area contributed by atoms with Gasteiger partial charge in [0, 0.05) is 56.9 Å². The first-order valence-electron chi connectivity index (χ1n) is 8.35. The summed E-state index contributed by atoms with van der Waals surface area (Å²) in [5.74, 6) is -0.184. The molecule has 3 heterocycles. The van der Waals surface area contributed by atoms with E-state index in [1.165, 1.54) is 12.1 Å². The number of aromatic nitrogens is 1. The van der Waals surface area contributed by atoms with Crippen LogP contribution in [0.15, 0.2) is 53.9 Å². The molecule has 1 saturated heterocycles. The SMILES string of the molecule is Fc1ccc(CN2CCC3(CC2)CC(c2cccnc2)=NO3)cc1. The zero-order valence-electron chi connectivity index (χ0n) is 13.5. The van der Waals surface area contributed by atoms with E-state index in [0.29, 0.717) is 0 Å². The summed E-state index contributed by atoms with van der Waals surface area (Å²) in [4.78, 5) is 12.4. The molecule has 0 unspecified atom stereocenters. The predicted molar refractivity (Wildman–Crippen MR) is 90.1 cm³/mol. The lowest BCUT2D eigenvalue weighted by Crippen LogP contribution is -2.44. The van der Waals surface area contributed by atoms with Crippen molar-refractivity contribution in [1.29, 1.82) is 0 Å². The van der Waals surface area contributed by atoms with Crippen molar-refractivity contribution < 1.29 is 9.23 Å². The number of nitrogens with zero attached hydrogens (tertiary/aromatic N) is 3. The quantitative estimate of drug-likeness (QED) is 0.868. The van der Waals surface area contributed by atoms with Crippen LogP contribution in [-0.4, -0.2) is 34.3 Å². The van der Waals surface area contributed by atoms with Crippen molar-refractivity contribution in [2.75, 3.05) is 13.1 Å². The van der Waals surface area contributed by atoms with Gasteiger partial charge < -0.3 is 4.84 Å². The first-order chi connectivity index (χ1) is 11.7. The fourth-order valence-corrected chi connectivity index (χ4v) is 3.44. The van der Waals surface area contributed by atoms with E-state index in [1.54, 1.807) is 6.20 Å². The second-order valence-corrected chi connectivity index (χ2v) is 6.63. The number of hydrogen-bond donors (Lipinski definition) is 0. The van der Waals surface area contributed by atoms with Crippen molar-refractivity contribution in [3.8, 4) is 0 Å². The van der Waals surface area contributed by atoms with Gasteiger partial charge in [-0.05, 0) is 29.8 Å². The molecule has 0 saturated carbocycles. The van der Waals surface area contributed by atoms with Crippen LogP contribution >= 0.6 is 0 Å². The minimum atomic E-state index is -0.184. The molecule has 4 rings (SSSR count). The number of halogens is 1. The molecular formula is C19H20FN3O. The standard InChI is InChI=1S/C19H20FN3O/c20-17-5-3-15(4-6-17)14-23-10-7-19(8-11-23)12-18(22-24-19)16-2-1-9-21-13-16/h1-6,9,13H,7-8,10-12,14H2. The van der Waals surface area contributed by atoms with Gasteiger partial charge in [0.15, 0.2) is 0 Å². The van der Waals surface area contributed by atoms with Gasteiger partial charge in [0.1, 0.15) is 11.4 Å². The third kappa shape index (κ3) is 3.17. The van der Waals surface area contributed by atoms with E-state index in [0.717, 1.165) is 55.7 Å². The van der Waals surface area contributed by atoms with Crippen LogP contribution in [0.5, 0.6) is 0 Å². The average Bonchev–Trinajstić information content (AvgIpc) is 3.04. The summed E-state index contributed by atoms with van der Waals surface area (Å²) in [5.41, 5.74) is 3.02. The second kappa shape index (κ2) is 6.32. The van der Waals surface area contributed by atoms with Crippen LogP contribution in [0.25, 0.3) is 0 Å². The lowest BCUT2D eigenvalue weighted by atomic mass is 9.85. The first kappa shape index (κ1) is 15.3. The highest BCUT2D eigenvalue weighted by Gasteiger charge is 2.42. The van der Waals surface area contributed by atoms with Crippen molar-refractivity contribution >= 4 is 5.71 Å². The van der Waals surface area contributed by atoms with Gasteiger partial charge in [-0.15, -0.1) is 0 Å². The third-order valence-corrected chi connectivity index (χ3v) is 4.92. The lowest BCUT2D eigenvalue weighted by molar-refractivity contribution is -0.0627. The summed E-state index contributed by atoms with van der Waals surface area (Å²) < 4.78 is 13.0. The molecule has 124 valence electrons. The summed E-state index contributed by atoms with van der Waals surface area (Å²) in [6.45, 7) is 2.78. The van der Waals surface area contributed by atoms with Crippen molar-refractivity contribution in [2.24, 2.45) is 5.16 Å². The smallest absolute Gasteiger partial charge is 0.145 e. The summed E-state index contributed by atoms with van der Waals surface area (Å²) >= 11 is 0. The van der Waals surface area contributed by atoms with Gasteiger partial charge >= 0.3 is 0 Å². The van der Waals surface area contributed by atoms with E-state index in [1.807, 2.05) is 30.5 Å². The Hall–Kier alpha value is -2.27. The lowest BCUT2D eigenvalue weighted by Gasteiger charge is -2.37. The molecule has 0 N–H and O–H groups in total. The van der Waals surface area contributed by atoms with Crippen LogP contribution in [0.2, 0.25) is 0 Å². The summed E-state index contributed by atoms with van der Waals surface area (Å²) in [6.07, 6.45) is 6.38. The largest absolute Gasteiger partial charge is 0.388 e. The van der Waals surface area contributed by atoms with Crippen molar-refractivity contribution in [2.45, 2.75) is 31.4 Å². The van der Waals surface area contributed by atoms with Crippen LogP contribution < -0.4 is 0 Å². The molecule has 2 aliphatic rings. The van der Waals surface area contributed by atoms with Crippen molar-refractivity contribution in [1.82, 2.24) is 9.88 Å². The highest BCUT2D eigenvalue weighted by molar-refractivity contribution is 6.01. The average molecular weight is 325 g/mol. The molecule has 0 atom stereocenters.